The largest absolute Gasteiger partial charge is 0.456 e. The van der Waals surface area contributed by atoms with Gasteiger partial charge < -0.3 is 9.32 Å². The summed E-state index contributed by atoms with van der Waals surface area (Å²) in [6.07, 6.45) is 12.1. The van der Waals surface area contributed by atoms with Crippen molar-refractivity contribution in [1.29, 1.82) is 0 Å². The second-order valence-electron chi connectivity index (χ2n) is 13.5. The summed E-state index contributed by atoms with van der Waals surface area (Å²) in [5.74, 6) is 0. The molecule has 0 N–H and O–H groups in total. The van der Waals surface area contributed by atoms with Crippen molar-refractivity contribution in [3.8, 4) is 22.3 Å². The molecule has 0 radical (unpaired) electrons. The van der Waals surface area contributed by atoms with Gasteiger partial charge in [0.1, 0.15) is 11.2 Å². The lowest BCUT2D eigenvalue weighted by Gasteiger charge is -2.30. The molecule has 0 bridgehead atoms. The molecule has 1 aliphatic rings. The summed E-state index contributed by atoms with van der Waals surface area (Å²) >= 11 is 1.90. The molecule has 0 spiro atoms. The molecule has 8 aromatic rings. The fourth-order valence-electron chi connectivity index (χ4n) is 7.69. The van der Waals surface area contributed by atoms with Crippen molar-refractivity contribution in [3.63, 3.8) is 0 Å². The molecule has 2 aromatic heterocycles. The number of allylic oxidation sites excluding steroid dienone is 5. The van der Waals surface area contributed by atoms with Gasteiger partial charge in [0.15, 0.2) is 0 Å². The van der Waals surface area contributed by atoms with Crippen molar-refractivity contribution in [2.45, 2.75) is 33.1 Å². The molecule has 0 unspecified atom stereocenters. The van der Waals surface area contributed by atoms with Crippen molar-refractivity contribution in [2.24, 2.45) is 0 Å². The van der Waals surface area contributed by atoms with Crippen LogP contribution >= 0.6 is 11.3 Å². The van der Waals surface area contributed by atoms with Gasteiger partial charge in [-0.2, -0.15) is 0 Å². The van der Waals surface area contributed by atoms with Gasteiger partial charge in [0.2, 0.25) is 0 Å². The molecule has 0 saturated carbocycles. The zero-order valence-corrected chi connectivity index (χ0v) is 30.3. The quantitative estimate of drug-likeness (QED) is 0.158. The maximum absolute atomic E-state index is 6.10. The molecule has 2 heterocycles. The first-order valence-corrected chi connectivity index (χ1v) is 19.0. The van der Waals surface area contributed by atoms with E-state index >= 15 is 0 Å². The van der Waals surface area contributed by atoms with Gasteiger partial charge in [0, 0.05) is 37.4 Å². The van der Waals surface area contributed by atoms with Crippen molar-refractivity contribution in [1.82, 2.24) is 0 Å². The number of para-hydroxylation sites is 1. The predicted octanol–water partition coefficient (Wildman–Crippen LogP) is 14.6. The zero-order chi connectivity index (χ0) is 35.0. The number of aryl methyl sites for hydroxylation is 1. The Bertz CT molecular complexity index is 2650. The number of furan rings is 1. The number of nitrogens with zero attached hydrogens (tertiary/aromatic N) is 1. The molecular weight excluding hydrogens is 651 g/mol. The molecule has 9 rings (SSSR count). The molecule has 1 aliphatic carbocycles. The Kier molecular flexibility index (Phi) is 8.42. The van der Waals surface area contributed by atoms with Gasteiger partial charge in [0.25, 0.3) is 0 Å². The first-order chi connectivity index (χ1) is 25.7. The number of rotatable bonds is 8. The average molecular weight is 690 g/mol. The van der Waals surface area contributed by atoms with Crippen LogP contribution in [0.15, 0.2) is 168 Å². The van der Waals surface area contributed by atoms with E-state index in [2.05, 4.69) is 170 Å². The minimum Gasteiger partial charge on any atom is -0.456 e. The van der Waals surface area contributed by atoms with Gasteiger partial charge in [-0.3, -0.25) is 0 Å². The topological polar surface area (TPSA) is 16.4 Å². The van der Waals surface area contributed by atoms with Crippen LogP contribution in [-0.2, 0) is 6.42 Å². The number of hydrogen-bond acceptors (Lipinski definition) is 3. The van der Waals surface area contributed by atoms with Gasteiger partial charge in [-0.05, 0) is 137 Å². The molecule has 0 aliphatic heterocycles. The second kappa shape index (κ2) is 13.7. The second-order valence-corrected chi connectivity index (χ2v) is 14.5. The van der Waals surface area contributed by atoms with E-state index < -0.39 is 0 Å². The highest BCUT2D eigenvalue weighted by molar-refractivity contribution is 7.20. The monoisotopic (exact) mass is 689 g/mol. The molecule has 2 nitrogen and oxygen atoms in total. The summed E-state index contributed by atoms with van der Waals surface area (Å²) in [4.78, 5) is 3.81. The van der Waals surface area contributed by atoms with E-state index in [0.29, 0.717) is 0 Å². The zero-order valence-electron chi connectivity index (χ0n) is 29.5. The first-order valence-electron chi connectivity index (χ1n) is 18.2. The lowest BCUT2D eigenvalue weighted by molar-refractivity contribution is 0.669. The molecule has 0 amide bonds. The lowest BCUT2D eigenvalue weighted by atomic mass is 9.93. The average Bonchev–Trinajstić information content (AvgIpc) is 3.76. The Labute approximate surface area is 309 Å². The third-order valence-corrected chi connectivity index (χ3v) is 11.5. The summed E-state index contributed by atoms with van der Waals surface area (Å²) in [6, 6.07) is 50.4. The van der Waals surface area contributed by atoms with Gasteiger partial charge >= 0.3 is 0 Å². The molecule has 52 heavy (non-hydrogen) atoms. The maximum atomic E-state index is 6.10. The number of thiophene rings is 1. The molecule has 252 valence electrons. The molecule has 0 fully saturated rings. The van der Waals surface area contributed by atoms with Crippen LogP contribution in [0.2, 0.25) is 0 Å². The molecular formula is C49H39NOS. The molecule has 3 heteroatoms. The van der Waals surface area contributed by atoms with Crippen LogP contribution in [-0.4, -0.2) is 0 Å². The molecule has 0 atom stereocenters. The van der Waals surface area contributed by atoms with Gasteiger partial charge in [-0.15, -0.1) is 11.3 Å². The summed E-state index contributed by atoms with van der Waals surface area (Å²) in [5.41, 5.74) is 14.4. The Balaban J connectivity index is 1.08. The van der Waals surface area contributed by atoms with E-state index in [1.165, 1.54) is 59.6 Å². The minimum absolute atomic E-state index is 0.919. The van der Waals surface area contributed by atoms with Crippen LogP contribution in [0.3, 0.4) is 0 Å². The van der Waals surface area contributed by atoms with Gasteiger partial charge in [-0.25, -0.2) is 0 Å². The van der Waals surface area contributed by atoms with Crippen molar-refractivity contribution in [3.05, 3.63) is 179 Å². The first kappa shape index (κ1) is 32.0. The standard InChI is InChI=1S/C49H39NOS/c1-3-10-48-42(4-2)45-32-38(22-30-49(45)52-48)36-19-27-41(28-20-36)50(39-23-15-34(16-24-39)33-11-6-5-7-12-33)40-25-17-35(18-26-40)37-21-29-47-44(31-37)43-13-8-9-14-46(43)51-47/h3,5-19,21-27,29-32H,4,20,28H2,1-2H3/b10-3-. The van der Waals surface area contributed by atoms with Crippen molar-refractivity contribution >= 4 is 66.4 Å². The van der Waals surface area contributed by atoms with E-state index in [9.17, 15) is 0 Å². The Morgan fingerprint density at radius 2 is 1.23 bits per heavy atom. The molecule has 0 saturated heterocycles. The Morgan fingerprint density at radius 1 is 0.596 bits per heavy atom. The lowest BCUT2D eigenvalue weighted by Crippen LogP contribution is -2.17. The van der Waals surface area contributed by atoms with Crippen molar-refractivity contribution < 1.29 is 4.42 Å². The fraction of sp³-hybridized carbons (Fsp3) is 0.102. The number of anilines is 2. The van der Waals surface area contributed by atoms with Crippen molar-refractivity contribution in [2.75, 3.05) is 4.90 Å². The smallest absolute Gasteiger partial charge is 0.135 e. The summed E-state index contributed by atoms with van der Waals surface area (Å²) in [7, 11) is 0. The van der Waals surface area contributed by atoms with Crippen LogP contribution in [0.4, 0.5) is 11.4 Å². The SMILES string of the molecule is C/C=C\c1sc2ccc(C3=CC=C(N(c4ccc(-c5ccccc5)cc4)c4ccc(-c5ccc6oc7ccccc7c6c5)cc4)CC3)cc2c1CC. The maximum Gasteiger partial charge on any atom is 0.135 e. The van der Waals surface area contributed by atoms with Crippen LogP contribution in [0.5, 0.6) is 0 Å². The van der Waals surface area contributed by atoms with Crippen LogP contribution in [0, 0.1) is 0 Å². The third-order valence-electron chi connectivity index (χ3n) is 10.3. The summed E-state index contributed by atoms with van der Waals surface area (Å²) in [6.45, 7) is 4.37. The Morgan fingerprint density at radius 3 is 1.94 bits per heavy atom. The van der Waals surface area contributed by atoms with E-state index in [4.69, 9.17) is 4.42 Å². The fourth-order valence-corrected chi connectivity index (χ4v) is 8.94. The normalized spacial score (nSPS) is 13.3. The third kappa shape index (κ3) is 5.87. The number of fused-ring (bicyclic) bond motifs is 4. The highest BCUT2D eigenvalue weighted by Gasteiger charge is 2.20. The minimum atomic E-state index is 0.919. The highest BCUT2D eigenvalue weighted by atomic mass is 32.1. The summed E-state index contributed by atoms with van der Waals surface area (Å²) in [5, 5.41) is 3.70. The van der Waals surface area contributed by atoms with E-state index in [0.717, 1.165) is 52.6 Å². The van der Waals surface area contributed by atoms with Crippen LogP contribution in [0.1, 0.15) is 42.7 Å². The predicted molar refractivity (Wildman–Crippen MR) is 224 cm³/mol. The Hall–Kier alpha value is -5.90. The van der Waals surface area contributed by atoms with E-state index in [1.807, 2.05) is 23.5 Å². The number of benzene rings is 6. The van der Waals surface area contributed by atoms with Gasteiger partial charge in [0.05, 0.1) is 0 Å². The molecule has 6 aromatic carbocycles. The van der Waals surface area contributed by atoms with E-state index in [-0.39, 0.29) is 0 Å². The summed E-state index contributed by atoms with van der Waals surface area (Å²) < 4.78 is 7.47. The van der Waals surface area contributed by atoms with E-state index in [1.54, 1.807) is 0 Å². The highest BCUT2D eigenvalue weighted by Crippen LogP contribution is 2.40. The van der Waals surface area contributed by atoms with Crippen LogP contribution < -0.4 is 4.90 Å². The number of hydrogen-bond donors (Lipinski definition) is 0. The van der Waals surface area contributed by atoms with Gasteiger partial charge in [-0.1, -0.05) is 104 Å². The van der Waals surface area contributed by atoms with Crippen LogP contribution in [0.25, 0.3) is 65.9 Å².